The topological polar surface area (TPSA) is 29.3 Å². The highest BCUT2D eigenvalue weighted by Gasteiger charge is 2.35. The Balaban J connectivity index is 2.25. The van der Waals surface area contributed by atoms with Crippen LogP contribution in [-0.4, -0.2) is 24.5 Å². The summed E-state index contributed by atoms with van der Waals surface area (Å²) < 4.78 is 0. The second-order valence-electron chi connectivity index (χ2n) is 6.29. The molecule has 0 bridgehead atoms. The maximum absolute atomic E-state index is 5.99. The summed E-state index contributed by atoms with van der Waals surface area (Å²) in [6.07, 6.45) is 2.70. The van der Waals surface area contributed by atoms with E-state index in [4.69, 9.17) is 5.73 Å². The third-order valence-corrected chi connectivity index (χ3v) is 4.70. The maximum Gasteiger partial charge on any atom is 0.0325 e. The molecule has 1 aromatic rings. The molecule has 0 aliphatic heterocycles. The quantitative estimate of drug-likeness (QED) is 0.880. The summed E-state index contributed by atoms with van der Waals surface area (Å²) in [4.78, 5) is 2.49. The Morgan fingerprint density at radius 1 is 1.21 bits per heavy atom. The van der Waals surface area contributed by atoms with Gasteiger partial charge in [-0.25, -0.2) is 0 Å². The summed E-state index contributed by atoms with van der Waals surface area (Å²) in [7, 11) is 2.24. The molecule has 2 N–H and O–H groups in total. The molecule has 2 unspecified atom stereocenters. The minimum absolute atomic E-state index is 0.440. The van der Waals surface area contributed by atoms with Gasteiger partial charge in [-0.1, -0.05) is 17.7 Å². The van der Waals surface area contributed by atoms with Crippen LogP contribution in [0.3, 0.4) is 0 Å². The first-order valence-corrected chi connectivity index (χ1v) is 7.45. The van der Waals surface area contributed by atoms with Crippen molar-refractivity contribution in [1.82, 2.24) is 4.90 Å². The van der Waals surface area contributed by atoms with E-state index in [1.807, 2.05) is 0 Å². The Bertz CT molecular complexity index is 426. The van der Waals surface area contributed by atoms with E-state index in [2.05, 4.69) is 51.8 Å². The Hall–Kier alpha value is -0.860. The first kappa shape index (κ1) is 14.5. The van der Waals surface area contributed by atoms with Crippen LogP contribution in [0.5, 0.6) is 0 Å². The fourth-order valence-electron chi connectivity index (χ4n) is 3.51. The predicted octanol–water partition coefficient (Wildman–Crippen LogP) is 3.34. The van der Waals surface area contributed by atoms with Crippen molar-refractivity contribution in [1.29, 1.82) is 0 Å². The van der Waals surface area contributed by atoms with Crippen molar-refractivity contribution in [3.63, 3.8) is 0 Å². The average molecular weight is 260 g/mol. The first-order valence-electron chi connectivity index (χ1n) is 7.45. The number of benzene rings is 1. The van der Waals surface area contributed by atoms with Gasteiger partial charge in [-0.3, -0.25) is 4.90 Å². The Kier molecular flexibility index (Phi) is 4.32. The molecular weight excluding hydrogens is 232 g/mol. The van der Waals surface area contributed by atoms with Crippen LogP contribution in [0.2, 0.25) is 0 Å². The van der Waals surface area contributed by atoms with Crippen molar-refractivity contribution < 1.29 is 0 Å². The van der Waals surface area contributed by atoms with Gasteiger partial charge < -0.3 is 5.73 Å². The zero-order valence-electron chi connectivity index (χ0n) is 13.0. The summed E-state index contributed by atoms with van der Waals surface area (Å²) >= 11 is 0. The third-order valence-electron chi connectivity index (χ3n) is 4.70. The summed E-state index contributed by atoms with van der Waals surface area (Å²) in [5.41, 5.74) is 11.6. The number of rotatable bonds is 5. The normalized spacial score (nSPS) is 18.7. The van der Waals surface area contributed by atoms with E-state index in [0.29, 0.717) is 12.1 Å². The largest absolute Gasteiger partial charge is 0.329 e. The van der Waals surface area contributed by atoms with Gasteiger partial charge in [0.05, 0.1) is 0 Å². The van der Waals surface area contributed by atoms with Gasteiger partial charge in [0.1, 0.15) is 0 Å². The molecule has 2 atom stereocenters. The molecule has 106 valence electrons. The third kappa shape index (κ3) is 3.01. The molecule has 19 heavy (non-hydrogen) atoms. The molecule has 0 radical (unpaired) electrons. The highest BCUT2D eigenvalue weighted by molar-refractivity contribution is 5.39. The molecule has 1 fully saturated rings. The molecule has 2 nitrogen and oxygen atoms in total. The van der Waals surface area contributed by atoms with Crippen molar-refractivity contribution in [3.8, 4) is 0 Å². The molecule has 2 heteroatoms. The first-order chi connectivity index (χ1) is 8.95. The maximum atomic E-state index is 5.99. The lowest BCUT2D eigenvalue weighted by molar-refractivity contribution is 0.169. The van der Waals surface area contributed by atoms with E-state index >= 15 is 0 Å². The van der Waals surface area contributed by atoms with Crippen LogP contribution in [0, 0.1) is 26.7 Å². The van der Waals surface area contributed by atoms with Crippen molar-refractivity contribution in [3.05, 3.63) is 34.4 Å². The lowest BCUT2D eigenvalue weighted by Gasteiger charge is -2.34. The van der Waals surface area contributed by atoms with Gasteiger partial charge in [-0.15, -0.1) is 0 Å². The Morgan fingerprint density at radius 2 is 1.74 bits per heavy atom. The van der Waals surface area contributed by atoms with Crippen LogP contribution in [0.4, 0.5) is 0 Å². The van der Waals surface area contributed by atoms with Crippen molar-refractivity contribution >= 4 is 0 Å². The molecule has 0 amide bonds. The van der Waals surface area contributed by atoms with Crippen molar-refractivity contribution in [2.24, 2.45) is 11.7 Å². The van der Waals surface area contributed by atoms with Gasteiger partial charge in [0, 0.05) is 18.6 Å². The number of hydrogen-bond donors (Lipinski definition) is 1. The lowest BCUT2D eigenvalue weighted by Crippen LogP contribution is -2.41. The smallest absolute Gasteiger partial charge is 0.0325 e. The summed E-state index contributed by atoms with van der Waals surface area (Å²) in [5.74, 6) is 0.823. The van der Waals surface area contributed by atoms with Gasteiger partial charge in [0.2, 0.25) is 0 Å². The van der Waals surface area contributed by atoms with E-state index in [-0.39, 0.29) is 0 Å². The number of hydrogen-bond acceptors (Lipinski definition) is 2. The monoisotopic (exact) mass is 260 g/mol. The lowest BCUT2D eigenvalue weighted by atomic mass is 9.93. The summed E-state index contributed by atoms with van der Waals surface area (Å²) in [5, 5.41) is 0. The molecule has 0 heterocycles. The molecular formula is C17H28N2. The van der Waals surface area contributed by atoms with E-state index in [1.54, 1.807) is 0 Å². The highest BCUT2D eigenvalue weighted by atomic mass is 15.2. The highest BCUT2D eigenvalue weighted by Crippen LogP contribution is 2.38. The molecule has 0 aromatic heterocycles. The van der Waals surface area contributed by atoms with Crippen LogP contribution in [0.15, 0.2) is 12.1 Å². The van der Waals surface area contributed by atoms with Crippen LogP contribution >= 0.6 is 0 Å². The zero-order chi connectivity index (χ0) is 14.2. The zero-order valence-corrected chi connectivity index (χ0v) is 13.0. The van der Waals surface area contributed by atoms with Gasteiger partial charge >= 0.3 is 0 Å². The standard InChI is InChI=1S/C17H28N2/c1-11-8-12(2)17(13(3)9-11)14(4)19(5)16(10-18)15-6-7-15/h8-9,14-16H,6-7,10,18H2,1-5H3. The van der Waals surface area contributed by atoms with E-state index in [0.717, 1.165) is 12.5 Å². The SMILES string of the molecule is Cc1cc(C)c(C(C)N(C)C(CN)C2CC2)c(C)c1. The van der Waals surface area contributed by atoms with Crippen molar-refractivity contribution in [2.75, 3.05) is 13.6 Å². The second-order valence-corrected chi connectivity index (χ2v) is 6.29. The van der Waals surface area contributed by atoms with Gasteiger partial charge in [0.15, 0.2) is 0 Å². The van der Waals surface area contributed by atoms with Gasteiger partial charge in [-0.05, 0) is 70.2 Å². The van der Waals surface area contributed by atoms with Gasteiger partial charge in [0.25, 0.3) is 0 Å². The van der Waals surface area contributed by atoms with Crippen LogP contribution < -0.4 is 5.73 Å². The fraction of sp³-hybridized carbons (Fsp3) is 0.647. The molecule has 1 aliphatic rings. The van der Waals surface area contributed by atoms with Crippen molar-refractivity contribution in [2.45, 2.75) is 52.6 Å². The molecule has 1 aromatic carbocycles. The molecule has 1 saturated carbocycles. The van der Waals surface area contributed by atoms with Crippen LogP contribution in [0.1, 0.15) is 48.1 Å². The van der Waals surface area contributed by atoms with E-state index in [9.17, 15) is 0 Å². The summed E-state index contributed by atoms with van der Waals surface area (Å²) in [6, 6.07) is 5.56. The molecule has 2 rings (SSSR count). The average Bonchev–Trinajstić information content (AvgIpc) is 3.12. The number of aryl methyl sites for hydroxylation is 3. The van der Waals surface area contributed by atoms with E-state index < -0.39 is 0 Å². The Labute approximate surface area is 118 Å². The van der Waals surface area contributed by atoms with Gasteiger partial charge in [-0.2, -0.15) is 0 Å². The Morgan fingerprint density at radius 3 is 2.16 bits per heavy atom. The van der Waals surface area contributed by atoms with E-state index in [1.165, 1.54) is 35.1 Å². The molecule has 0 spiro atoms. The number of likely N-dealkylation sites (N-methyl/N-ethyl adjacent to an activating group) is 1. The minimum atomic E-state index is 0.440. The second kappa shape index (κ2) is 5.64. The molecule has 1 aliphatic carbocycles. The fourth-order valence-corrected chi connectivity index (χ4v) is 3.51. The van der Waals surface area contributed by atoms with Crippen LogP contribution in [-0.2, 0) is 0 Å². The number of nitrogens with zero attached hydrogens (tertiary/aromatic N) is 1. The van der Waals surface area contributed by atoms with Crippen LogP contribution in [0.25, 0.3) is 0 Å². The molecule has 0 saturated heterocycles. The predicted molar refractivity (Wildman–Crippen MR) is 82.4 cm³/mol. The summed E-state index contributed by atoms with van der Waals surface area (Å²) in [6.45, 7) is 9.72. The minimum Gasteiger partial charge on any atom is -0.329 e. The number of nitrogens with two attached hydrogens (primary N) is 1.